The van der Waals surface area contributed by atoms with Gasteiger partial charge >= 0.3 is 5.97 Å². The number of amides is 1. The van der Waals surface area contributed by atoms with Crippen molar-refractivity contribution >= 4 is 23.6 Å². The number of hydrogen-bond acceptors (Lipinski definition) is 3. The highest BCUT2D eigenvalue weighted by Gasteiger charge is 2.37. The van der Waals surface area contributed by atoms with Gasteiger partial charge in [-0.1, -0.05) is 12.1 Å². The molecule has 1 aliphatic heterocycles. The highest BCUT2D eigenvalue weighted by atomic mass is 16.5. The normalized spacial score (nSPS) is 22.1. The van der Waals surface area contributed by atoms with Crippen molar-refractivity contribution in [3.8, 4) is 0 Å². The van der Waals surface area contributed by atoms with Gasteiger partial charge in [0.15, 0.2) is 0 Å². The van der Waals surface area contributed by atoms with Crippen LogP contribution in [0.4, 0.5) is 5.69 Å². The Labute approximate surface area is 117 Å². The van der Waals surface area contributed by atoms with Crippen LogP contribution in [0, 0.1) is 0 Å². The summed E-state index contributed by atoms with van der Waals surface area (Å²) >= 11 is 0. The third-order valence-electron chi connectivity index (χ3n) is 3.26. The number of hydrogen-bond donors (Lipinski definition) is 2. The van der Waals surface area contributed by atoms with Gasteiger partial charge in [-0.05, 0) is 43.5 Å². The molecule has 0 bridgehead atoms. The Morgan fingerprint density at radius 3 is 2.90 bits per heavy atom. The van der Waals surface area contributed by atoms with Gasteiger partial charge in [-0.3, -0.25) is 4.79 Å². The second-order valence-corrected chi connectivity index (χ2v) is 4.93. The summed E-state index contributed by atoms with van der Waals surface area (Å²) in [5, 5.41) is 11.4. The molecule has 20 heavy (non-hydrogen) atoms. The van der Waals surface area contributed by atoms with Crippen LogP contribution in [0.3, 0.4) is 0 Å². The molecule has 0 aromatic heterocycles. The van der Waals surface area contributed by atoms with Crippen LogP contribution in [0.25, 0.3) is 6.08 Å². The SMILES string of the molecule is CC1(C(=O)Nc2cccc(/C=C/C(=O)O)c2)CCCO1. The molecule has 1 unspecified atom stereocenters. The topological polar surface area (TPSA) is 75.6 Å². The molecule has 1 aromatic carbocycles. The fourth-order valence-electron chi connectivity index (χ4n) is 2.11. The fourth-order valence-corrected chi connectivity index (χ4v) is 2.11. The molecule has 1 heterocycles. The molecule has 1 atom stereocenters. The summed E-state index contributed by atoms with van der Waals surface area (Å²) in [6, 6.07) is 7.00. The Kier molecular flexibility index (Phi) is 4.20. The lowest BCUT2D eigenvalue weighted by molar-refractivity contribution is -0.133. The molecule has 1 aliphatic rings. The van der Waals surface area contributed by atoms with E-state index in [0.717, 1.165) is 12.5 Å². The molecular formula is C15H17NO4. The number of anilines is 1. The summed E-state index contributed by atoms with van der Waals surface area (Å²) < 4.78 is 5.48. The van der Waals surface area contributed by atoms with E-state index < -0.39 is 11.6 Å². The van der Waals surface area contributed by atoms with E-state index in [1.54, 1.807) is 31.2 Å². The monoisotopic (exact) mass is 275 g/mol. The van der Waals surface area contributed by atoms with Crippen molar-refractivity contribution in [3.63, 3.8) is 0 Å². The lowest BCUT2D eigenvalue weighted by atomic mass is 10.0. The maximum absolute atomic E-state index is 12.2. The van der Waals surface area contributed by atoms with Crippen LogP contribution in [-0.4, -0.2) is 29.2 Å². The first-order valence-corrected chi connectivity index (χ1v) is 6.46. The maximum atomic E-state index is 12.2. The molecule has 0 saturated carbocycles. The van der Waals surface area contributed by atoms with E-state index in [1.807, 2.05) is 0 Å². The minimum Gasteiger partial charge on any atom is -0.478 e. The molecule has 0 spiro atoms. The van der Waals surface area contributed by atoms with E-state index >= 15 is 0 Å². The third-order valence-corrected chi connectivity index (χ3v) is 3.26. The molecule has 1 fully saturated rings. The highest BCUT2D eigenvalue weighted by molar-refractivity contribution is 5.97. The number of nitrogens with one attached hydrogen (secondary N) is 1. The van der Waals surface area contributed by atoms with Gasteiger partial charge < -0.3 is 15.2 Å². The van der Waals surface area contributed by atoms with Gasteiger partial charge in [0.05, 0.1) is 0 Å². The standard InChI is InChI=1S/C15H17NO4/c1-15(8-3-9-20-15)14(19)16-12-5-2-4-11(10-12)6-7-13(17)18/h2,4-7,10H,3,8-9H2,1H3,(H,16,19)(H,17,18)/b7-6+. The van der Waals surface area contributed by atoms with Gasteiger partial charge in [-0.2, -0.15) is 0 Å². The zero-order chi connectivity index (χ0) is 14.6. The van der Waals surface area contributed by atoms with E-state index in [4.69, 9.17) is 9.84 Å². The molecule has 106 valence electrons. The summed E-state index contributed by atoms with van der Waals surface area (Å²) in [5.74, 6) is -1.18. The molecule has 1 saturated heterocycles. The smallest absolute Gasteiger partial charge is 0.328 e. The zero-order valence-corrected chi connectivity index (χ0v) is 11.3. The predicted octanol–water partition coefficient (Wildman–Crippen LogP) is 2.29. The van der Waals surface area contributed by atoms with E-state index in [2.05, 4.69) is 5.32 Å². The Morgan fingerprint density at radius 1 is 1.45 bits per heavy atom. The van der Waals surface area contributed by atoms with Crippen molar-refractivity contribution < 1.29 is 19.4 Å². The fraction of sp³-hybridized carbons (Fsp3) is 0.333. The summed E-state index contributed by atoms with van der Waals surface area (Å²) in [6.45, 7) is 2.38. The molecule has 1 aromatic rings. The van der Waals surface area contributed by atoms with Crippen LogP contribution >= 0.6 is 0 Å². The van der Waals surface area contributed by atoms with Crippen LogP contribution in [0.1, 0.15) is 25.3 Å². The average molecular weight is 275 g/mol. The van der Waals surface area contributed by atoms with E-state index in [1.165, 1.54) is 6.08 Å². The predicted molar refractivity (Wildman–Crippen MR) is 75.3 cm³/mol. The molecule has 0 aliphatic carbocycles. The molecule has 2 rings (SSSR count). The number of carbonyl (C=O) groups excluding carboxylic acids is 1. The number of rotatable bonds is 4. The summed E-state index contributed by atoms with van der Waals surface area (Å²) in [5.41, 5.74) is 0.564. The first kappa shape index (κ1) is 14.3. The van der Waals surface area contributed by atoms with Crippen molar-refractivity contribution in [1.82, 2.24) is 0 Å². The van der Waals surface area contributed by atoms with Crippen LogP contribution < -0.4 is 5.32 Å². The lowest BCUT2D eigenvalue weighted by Gasteiger charge is -2.21. The Bertz CT molecular complexity index is 545. The van der Waals surface area contributed by atoms with Crippen molar-refractivity contribution in [1.29, 1.82) is 0 Å². The van der Waals surface area contributed by atoms with E-state index in [9.17, 15) is 9.59 Å². The van der Waals surface area contributed by atoms with Gasteiger partial charge in [-0.25, -0.2) is 4.79 Å². The Balaban J connectivity index is 2.08. The van der Waals surface area contributed by atoms with Crippen molar-refractivity contribution in [2.75, 3.05) is 11.9 Å². The molecule has 1 amide bonds. The molecule has 5 heteroatoms. The van der Waals surface area contributed by atoms with Crippen molar-refractivity contribution in [3.05, 3.63) is 35.9 Å². The molecule has 5 nitrogen and oxygen atoms in total. The number of carboxylic acids is 1. The van der Waals surface area contributed by atoms with Crippen LogP contribution in [0.2, 0.25) is 0 Å². The lowest BCUT2D eigenvalue weighted by Crippen LogP contribution is -2.39. The van der Waals surface area contributed by atoms with Crippen LogP contribution in [-0.2, 0) is 14.3 Å². The van der Waals surface area contributed by atoms with Crippen LogP contribution in [0.5, 0.6) is 0 Å². The highest BCUT2D eigenvalue weighted by Crippen LogP contribution is 2.26. The number of aliphatic carboxylic acids is 1. The van der Waals surface area contributed by atoms with Crippen molar-refractivity contribution in [2.45, 2.75) is 25.4 Å². The second kappa shape index (κ2) is 5.88. The zero-order valence-electron chi connectivity index (χ0n) is 11.3. The summed E-state index contributed by atoms with van der Waals surface area (Å²) in [4.78, 5) is 22.6. The Hall–Kier alpha value is -2.14. The van der Waals surface area contributed by atoms with Crippen molar-refractivity contribution in [2.24, 2.45) is 0 Å². The molecule has 0 radical (unpaired) electrons. The maximum Gasteiger partial charge on any atom is 0.328 e. The van der Waals surface area contributed by atoms with Gasteiger partial charge in [-0.15, -0.1) is 0 Å². The summed E-state index contributed by atoms with van der Waals surface area (Å²) in [7, 11) is 0. The number of benzene rings is 1. The summed E-state index contributed by atoms with van der Waals surface area (Å²) in [6.07, 6.45) is 4.12. The van der Waals surface area contributed by atoms with E-state index in [0.29, 0.717) is 24.3 Å². The number of carboxylic acid groups (broad SMARTS) is 1. The third kappa shape index (κ3) is 3.45. The first-order valence-electron chi connectivity index (χ1n) is 6.46. The number of carbonyl (C=O) groups is 2. The minimum atomic E-state index is -1.01. The first-order chi connectivity index (χ1) is 9.49. The number of ether oxygens (including phenoxy) is 1. The van der Waals surface area contributed by atoms with Crippen LogP contribution in [0.15, 0.2) is 30.3 Å². The Morgan fingerprint density at radius 2 is 2.25 bits per heavy atom. The minimum absolute atomic E-state index is 0.172. The quantitative estimate of drug-likeness (QED) is 0.827. The van der Waals surface area contributed by atoms with Gasteiger partial charge in [0.25, 0.3) is 5.91 Å². The largest absolute Gasteiger partial charge is 0.478 e. The van der Waals surface area contributed by atoms with Gasteiger partial charge in [0.1, 0.15) is 5.60 Å². The van der Waals surface area contributed by atoms with Gasteiger partial charge in [0, 0.05) is 18.4 Å². The van der Waals surface area contributed by atoms with E-state index in [-0.39, 0.29) is 5.91 Å². The molecule has 2 N–H and O–H groups in total. The average Bonchev–Trinajstić information content (AvgIpc) is 2.85. The van der Waals surface area contributed by atoms with Gasteiger partial charge in [0.2, 0.25) is 0 Å². The second-order valence-electron chi connectivity index (χ2n) is 4.93. The molecular weight excluding hydrogens is 258 g/mol.